The summed E-state index contributed by atoms with van der Waals surface area (Å²) in [6.45, 7) is 5.15. The van der Waals surface area contributed by atoms with Crippen molar-refractivity contribution in [1.82, 2.24) is 10.2 Å². The van der Waals surface area contributed by atoms with Gasteiger partial charge in [-0.2, -0.15) is 0 Å². The van der Waals surface area contributed by atoms with E-state index in [1.54, 1.807) is 19.1 Å². The molecule has 0 bridgehead atoms. The van der Waals surface area contributed by atoms with E-state index >= 15 is 0 Å². The highest BCUT2D eigenvalue weighted by Gasteiger charge is 2.32. The van der Waals surface area contributed by atoms with Crippen LogP contribution in [-0.4, -0.2) is 51.7 Å². The van der Waals surface area contributed by atoms with Gasteiger partial charge in [0.25, 0.3) is 0 Å². The van der Waals surface area contributed by atoms with E-state index < -0.39 is 16.1 Å². The molecule has 7 nitrogen and oxygen atoms in total. The standard InChI is InChI=1S/C25H34ClN3O4S/c1-4-23(29(34(3,31)32)21-12-13-24(33-2)22(26)16-21)25(30)27-17-19-10-6-7-11-20(19)18-28-14-8-5-9-15-28/h6-7,10-13,16,23H,4-5,8-9,14-15,17-18H2,1-3H3,(H,27,30)/t23-/m0/s1. The molecule has 0 radical (unpaired) electrons. The number of halogens is 1. The Labute approximate surface area is 208 Å². The summed E-state index contributed by atoms with van der Waals surface area (Å²) in [6.07, 6.45) is 5.11. The van der Waals surface area contributed by atoms with E-state index in [0.29, 0.717) is 24.4 Å². The molecular weight excluding hydrogens is 474 g/mol. The Balaban J connectivity index is 1.77. The number of hydrogen-bond donors (Lipinski definition) is 1. The molecule has 186 valence electrons. The van der Waals surface area contributed by atoms with E-state index in [4.69, 9.17) is 16.3 Å². The summed E-state index contributed by atoms with van der Waals surface area (Å²) >= 11 is 6.24. The molecule has 0 aromatic heterocycles. The molecule has 3 rings (SSSR count). The molecule has 1 atom stereocenters. The fourth-order valence-electron chi connectivity index (χ4n) is 4.40. The van der Waals surface area contributed by atoms with Crippen molar-refractivity contribution < 1.29 is 17.9 Å². The van der Waals surface area contributed by atoms with Gasteiger partial charge in [-0.05, 0) is 61.7 Å². The van der Waals surface area contributed by atoms with Gasteiger partial charge in [-0.3, -0.25) is 14.0 Å². The normalized spacial score (nSPS) is 15.5. The number of benzene rings is 2. The zero-order chi connectivity index (χ0) is 24.7. The number of anilines is 1. The minimum absolute atomic E-state index is 0.274. The van der Waals surface area contributed by atoms with Crippen molar-refractivity contribution in [1.29, 1.82) is 0 Å². The van der Waals surface area contributed by atoms with Gasteiger partial charge in [-0.25, -0.2) is 8.42 Å². The van der Waals surface area contributed by atoms with Crippen LogP contribution >= 0.6 is 11.6 Å². The molecule has 1 fully saturated rings. The third-order valence-electron chi connectivity index (χ3n) is 6.13. The first-order chi connectivity index (χ1) is 16.2. The number of methoxy groups -OCH3 is 1. The molecule has 2 aromatic carbocycles. The van der Waals surface area contributed by atoms with Crippen LogP contribution < -0.4 is 14.4 Å². The third-order valence-corrected chi connectivity index (χ3v) is 7.61. The van der Waals surface area contributed by atoms with Gasteiger partial charge in [0.15, 0.2) is 0 Å². The van der Waals surface area contributed by atoms with Crippen LogP contribution in [0.25, 0.3) is 0 Å². The number of ether oxygens (including phenoxy) is 1. The SMILES string of the molecule is CC[C@@H](C(=O)NCc1ccccc1CN1CCCCC1)N(c1ccc(OC)c(Cl)c1)S(C)(=O)=O. The summed E-state index contributed by atoms with van der Waals surface area (Å²) in [5, 5.41) is 3.24. The predicted molar refractivity (Wildman–Crippen MR) is 137 cm³/mol. The predicted octanol–water partition coefficient (Wildman–Crippen LogP) is 4.20. The highest BCUT2D eigenvalue weighted by Crippen LogP contribution is 2.32. The zero-order valence-corrected chi connectivity index (χ0v) is 21.7. The number of likely N-dealkylation sites (tertiary alicyclic amines) is 1. The summed E-state index contributed by atoms with van der Waals surface area (Å²) < 4.78 is 31.7. The lowest BCUT2D eigenvalue weighted by Crippen LogP contribution is -2.49. The van der Waals surface area contributed by atoms with Crippen LogP contribution in [0, 0.1) is 0 Å². The van der Waals surface area contributed by atoms with Crippen LogP contribution in [0.15, 0.2) is 42.5 Å². The van der Waals surface area contributed by atoms with Crippen molar-refractivity contribution in [2.75, 3.05) is 30.8 Å². The van der Waals surface area contributed by atoms with E-state index in [1.807, 2.05) is 18.2 Å². The maximum Gasteiger partial charge on any atom is 0.244 e. The Hall–Kier alpha value is -2.29. The first kappa shape index (κ1) is 26.3. The second kappa shape index (κ2) is 11.9. The van der Waals surface area contributed by atoms with E-state index in [-0.39, 0.29) is 10.9 Å². The molecule has 1 heterocycles. The van der Waals surface area contributed by atoms with E-state index in [1.165, 1.54) is 38.0 Å². The highest BCUT2D eigenvalue weighted by atomic mass is 35.5. The van der Waals surface area contributed by atoms with Gasteiger partial charge in [0.1, 0.15) is 11.8 Å². The molecule has 1 aliphatic rings. The summed E-state index contributed by atoms with van der Waals surface area (Å²) in [6, 6.07) is 11.9. The molecule has 0 spiro atoms. The summed E-state index contributed by atoms with van der Waals surface area (Å²) in [4.78, 5) is 15.7. The average Bonchev–Trinajstić information content (AvgIpc) is 2.81. The van der Waals surface area contributed by atoms with Gasteiger partial charge in [0.05, 0.1) is 24.1 Å². The fourth-order valence-corrected chi connectivity index (χ4v) is 5.85. The lowest BCUT2D eigenvalue weighted by Gasteiger charge is -2.30. The maximum atomic E-state index is 13.2. The molecule has 0 unspecified atom stereocenters. The Bertz CT molecular complexity index is 1090. The number of amides is 1. The van der Waals surface area contributed by atoms with Gasteiger partial charge in [0.2, 0.25) is 15.9 Å². The number of nitrogens with zero attached hydrogens (tertiary/aromatic N) is 2. The van der Waals surface area contributed by atoms with Gasteiger partial charge in [-0.1, -0.05) is 49.2 Å². The second-order valence-corrected chi connectivity index (χ2v) is 10.9. The van der Waals surface area contributed by atoms with E-state index in [0.717, 1.165) is 35.8 Å². The van der Waals surface area contributed by atoms with Crippen molar-refractivity contribution in [2.24, 2.45) is 0 Å². The minimum Gasteiger partial charge on any atom is -0.495 e. The van der Waals surface area contributed by atoms with Gasteiger partial charge < -0.3 is 10.1 Å². The smallest absolute Gasteiger partial charge is 0.244 e. The topological polar surface area (TPSA) is 79.0 Å². The number of rotatable bonds is 10. The molecule has 9 heteroatoms. The van der Waals surface area contributed by atoms with Gasteiger partial charge in [-0.15, -0.1) is 0 Å². The lowest BCUT2D eigenvalue weighted by molar-refractivity contribution is -0.122. The summed E-state index contributed by atoms with van der Waals surface area (Å²) in [7, 11) is -2.27. The molecular formula is C25H34ClN3O4S. The third kappa shape index (κ3) is 6.64. The fraction of sp³-hybridized carbons (Fsp3) is 0.480. The molecule has 0 saturated carbocycles. The van der Waals surface area contributed by atoms with Crippen molar-refractivity contribution in [3.05, 3.63) is 58.6 Å². The quantitative estimate of drug-likeness (QED) is 0.521. The van der Waals surface area contributed by atoms with Crippen molar-refractivity contribution in [3.63, 3.8) is 0 Å². The number of carbonyl (C=O) groups is 1. The van der Waals surface area contributed by atoms with Gasteiger partial charge >= 0.3 is 0 Å². The average molecular weight is 508 g/mol. The first-order valence-electron chi connectivity index (χ1n) is 11.6. The van der Waals surface area contributed by atoms with Crippen molar-refractivity contribution >= 4 is 33.2 Å². The Morgan fingerprint density at radius 2 is 1.82 bits per heavy atom. The summed E-state index contributed by atoms with van der Waals surface area (Å²) in [5.74, 6) is 0.0781. The molecule has 1 N–H and O–H groups in total. The minimum atomic E-state index is -3.75. The van der Waals surface area contributed by atoms with Crippen molar-refractivity contribution in [3.8, 4) is 5.75 Å². The monoisotopic (exact) mass is 507 g/mol. The zero-order valence-electron chi connectivity index (χ0n) is 20.1. The molecule has 1 saturated heterocycles. The van der Waals surface area contributed by atoms with Crippen molar-refractivity contribution in [2.45, 2.75) is 51.7 Å². The number of sulfonamides is 1. The van der Waals surface area contributed by atoms with Gasteiger partial charge in [0, 0.05) is 13.1 Å². The molecule has 34 heavy (non-hydrogen) atoms. The Morgan fingerprint density at radius 1 is 1.15 bits per heavy atom. The largest absolute Gasteiger partial charge is 0.495 e. The number of carbonyl (C=O) groups excluding carboxylic acids is 1. The lowest BCUT2D eigenvalue weighted by atomic mass is 10.0. The molecule has 0 aliphatic carbocycles. The Kier molecular flexibility index (Phi) is 9.22. The summed E-state index contributed by atoms with van der Waals surface area (Å²) in [5.41, 5.74) is 2.54. The van der Waals surface area contributed by atoms with Crippen LogP contribution in [0.4, 0.5) is 5.69 Å². The molecule has 1 amide bonds. The van der Waals surface area contributed by atoms with Crippen LogP contribution in [0.3, 0.4) is 0 Å². The van der Waals surface area contributed by atoms with Crippen LogP contribution in [0.5, 0.6) is 5.75 Å². The maximum absolute atomic E-state index is 13.2. The van der Waals surface area contributed by atoms with Crippen LogP contribution in [-0.2, 0) is 27.9 Å². The highest BCUT2D eigenvalue weighted by molar-refractivity contribution is 7.92. The van der Waals surface area contributed by atoms with E-state index in [2.05, 4.69) is 16.3 Å². The van der Waals surface area contributed by atoms with E-state index in [9.17, 15) is 13.2 Å². The van der Waals surface area contributed by atoms with Crippen LogP contribution in [0.2, 0.25) is 5.02 Å². The first-order valence-corrected chi connectivity index (χ1v) is 13.9. The number of hydrogen-bond acceptors (Lipinski definition) is 5. The number of piperidine rings is 1. The van der Waals surface area contributed by atoms with Crippen LogP contribution in [0.1, 0.15) is 43.7 Å². The Morgan fingerprint density at radius 3 is 2.41 bits per heavy atom. The number of nitrogens with one attached hydrogen (secondary N) is 1. The molecule has 1 aliphatic heterocycles. The second-order valence-electron chi connectivity index (χ2n) is 8.63. The molecule has 2 aromatic rings.